The fraction of sp³-hybridized carbons (Fsp3) is 0.562. The molecule has 1 atom stereocenters. The predicted molar refractivity (Wildman–Crippen MR) is 74.0 cm³/mol. The van der Waals surface area contributed by atoms with E-state index in [0.29, 0.717) is 11.3 Å². The lowest BCUT2D eigenvalue weighted by atomic mass is 9.80. The molecular formula is C16H21FN2. The van der Waals surface area contributed by atoms with Crippen molar-refractivity contribution in [3.8, 4) is 6.07 Å². The predicted octanol–water partition coefficient (Wildman–Crippen LogP) is 3.57. The third-order valence-electron chi connectivity index (χ3n) is 4.05. The van der Waals surface area contributed by atoms with E-state index in [4.69, 9.17) is 5.26 Å². The molecule has 102 valence electrons. The molecule has 0 spiro atoms. The van der Waals surface area contributed by atoms with E-state index in [-0.39, 0.29) is 5.56 Å². The molecule has 2 nitrogen and oxygen atoms in total. The van der Waals surface area contributed by atoms with Gasteiger partial charge in [-0.1, -0.05) is 26.8 Å². The highest BCUT2D eigenvalue weighted by atomic mass is 19.1. The standard InChI is InChI=1S/C16H21FN2/c1-16(2,3)14-6-7-19(11-14)10-12-4-5-15(17)13(8-12)9-18/h4-5,8,14H,6-7,10-11H2,1-3H3. The van der Waals surface area contributed by atoms with E-state index in [1.807, 2.05) is 6.07 Å². The van der Waals surface area contributed by atoms with Crippen molar-refractivity contribution in [2.24, 2.45) is 11.3 Å². The lowest BCUT2D eigenvalue weighted by Gasteiger charge is -2.27. The zero-order chi connectivity index (χ0) is 14.0. The Labute approximate surface area is 114 Å². The fourth-order valence-electron chi connectivity index (χ4n) is 2.70. The molecule has 0 aromatic heterocycles. The second-order valence-corrected chi connectivity index (χ2v) is 6.51. The lowest BCUT2D eigenvalue weighted by Crippen LogP contribution is -2.25. The topological polar surface area (TPSA) is 27.0 Å². The Balaban J connectivity index is 2.02. The number of benzene rings is 1. The molecule has 1 heterocycles. The number of nitriles is 1. The minimum atomic E-state index is -0.430. The van der Waals surface area contributed by atoms with Crippen molar-refractivity contribution in [1.29, 1.82) is 5.26 Å². The lowest BCUT2D eigenvalue weighted by molar-refractivity contribution is 0.226. The average Bonchev–Trinajstić information content (AvgIpc) is 2.80. The van der Waals surface area contributed by atoms with Crippen molar-refractivity contribution in [3.05, 3.63) is 35.1 Å². The number of rotatable bonds is 2. The summed E-state index contributed by atoms with van der Waals surface area (Å²) in [5, 5.41) is 8.85. The van der Waals surface area contributed by atoms with Gasteiger partial charge in [0.05, 0.1) is 5.56 Å². The zero-order valence-corrected chi connectivity index (χ0v) is 11.9. The summed E-state index contributed by atoms with van der Waals surface area (Å²) in [6.07, 6.45) is 1.22. The molecule has 0 saturated carbocycles. The molecule has 1 aliphatic heterocycles. The van der Waals surface area contributed by atoms with E-state index < -0.39 is 5.82 Å². The van der Waals surface area contributed by atoms with Gasteiger partial charge in [0.2, 0.25) is 0 Å². The minimum absolute atomic E-state index is 0.143. The zero-order valence-electron chi connectivity index (χ0n) is 11.9. The van der Waals surface area contributed by atoms with Crippen LogP contribution in [-0.2, 0) is 6.54 Å². The SMILES string of the molecule is CC(C)(C)C1CCN(Cc2ccc(F)c(C#N)c2)C1. The van der Waals surface area contributed by atoms with Gasteiger partial charge in [-0.15, -0.1) is 0 Å². The Morgan fingerprint density at radius 1 is 1.42 bits per heavy atom. The first-order valence-corrected chi connectivity index (χ1v) is 6.81. The molecule has 1 fully saturated rings. The van der Waals surface area contributed by atoms with Gasteiger partial charge >= 0.3 is 0 Å². The Hall–Kier alpha value is -1.40. The van der Waals surface area contributed by atoms with Crippen LogP contribution < -0.4 is 0 Å². The van der Waals surface area contributed by atoms with Gasteiger partial charge < -0.3 is 0 Å². The average molecular weight is 260 g/mol. The molecule has 2 rings (SSSR count). The van der Waals surface area contributed by atoms with Gasteiger partial charge in [-0.25, -0.2) is 4.39 Å². The van der Waals surface area contributed by atoms with Gasteiger partial charge in [0, 0.05) is 13.1 Å². The minimum Gasteiger partial charge on any atom is -0.299 e. The molecule has 0 aliphatic carbocycles. The Morgan fingerprint density at radius 2 is 2.16 bits per heavy atom. The van der Waals surface area contributed by atoms with E-state index in [1.54, 1.807) is 12.1 Å². The summed E-state index contributed by atoms with van der Waals surface area (Å²) in [6, 6.07) is 6.74. The van der Waals surface area contributed by atoms with Crippen LogP contribution in [0.4, 0.5) is 4.39 Å². The summed E-state index contributed by atoms with van der Waals surface area (Å²) in [7, 11) is 0. The van der Waals surface area contributed by atoms with Gasteiger partial charge in [0.1, 0.15) is 11.9 Å². The second-order valence-electron chi connectivity index (χ2n) is 6.51. The molecule has 0 amide bonds. The van der Waals surface area contributed by atoms with Crippen molar-refractivity contribution in [2.45, 2.75) is 33.7 Å². The van der Waals surface area contributed by atoms with Crippen molar-refractivity contribution in [3.63, 3.8) is 0 Å². The molecule has 1 saturated heterocycles. The molecule has 19 heavy (non-hydrogen) atoms. The highest BCUT2D eigenvalue weighted by molar-refractivity contribution is 5.34. The molecule has 0 radical (unpaired) electrons. The van der Waals surface area contributed by atoms with Crippen LogP contribution in [0.1, 0.15) is 38.3 Å². The van der Waals surface area contributed by atoms with Gasteiger partial charge in [-0.2, -0.15) is 5.26 Å². The molecule has 0 bridgehead atoms. The fourth-order valence-corrected chi connectivity index (χ4v) is 2.70. The first kappa shape index (κ1) is 14.0. The summed E-state index contributed by atoms with van der Waals surface area (Å²) in [5.41, 5.74) is 1.51. The maximum atomic E-state index is 13.3. The van der Waals surface area contributed by atoms with Crippen molar-refractivity contribution < 1.29 is 4.39 Å². The molecule has 1 unspecified atom stereocenters. The van der Waals surface area contributed by atoms with Crippen LogP contribution in [-0.4, -0.2) is 18.0 Å². The van der Waals surface area contributed by atoms with Crippen LogP contribution >= 0.6 is 0 Å². The van der Waals surface area contributed by atoms with Crippen molar-refractivity contribution in [1.82, 2.24) is 4.90 Å². The largest absolute Gasteiger partial charge is 0.299 e. The number of nitrogens with zero attached hydrogens (tertiary/aromatic N) is 2. The molecule has 1 aliphatic rings. The Morgan fingerprint density at radius 3 is 2.74 bits per heavy atom. The van der Waals surface area contributed by atoms with Crippen LogP contribution in [0.5, 0.6) is 0 Å². The number of hydrogen-bond acceptors (Lipinski definition) is 2. The number of halogens is 1. The van der Waals surface area contributed by atoms with Crippen LogP contribution in [0, 0.1) is 28.5 Å². The quantitative estimate of drug-likeness (QED) is 0.813. The summed E-state index contributed by atoms with van der Waals surface area (Å²) in [5.74, 6) is 0.281. The van der Waals surface area contributed by atoms with Gasteiger partial charge in [-0.3, -0.25) is 4.90 Å². The summed E-state index contributed by atoms with van der Waals surface area (Å²) >= 11 is 0. The Bertz CT molecular complexity index is 496. The van der Waals surface area contributed by atoms with Crippen molar-refractivity contribution >= 4 is 0 Å². The first-order valence-electron chi connectivity index (χ1n) is 6.81. The molecule has 0 N–H and O–H groups in total. The first-order chi connectivity index (χ1) is 8.90. The van der Waals surface area contributed by atoms with E-state index in [1.165, 1.54) is 12.5 Å². The highest BCUT2D eigenvalue weighted by Gasteiger charge is 2.31. The third kappa shape index (κ3) is 3.33. The van der Waals surface area contributed by atoms with Crippen molar-refractivity contribution in [2.75, 3.05) is 13.1 Å². The van der Waals surface area contributed by atoms with Crippen LogP contribution in [0.2, 0.25) is 0 Å². The van der Waals surface area contributed by atoms with E-state index in [2.05, 4.69) is 25.7 Å². The number of likely N-dealkylation sites (tertiary alicyclic amines) is 1. The smallest absolute Gasteiger partial charge is 0.140 e. The van der Waals surface area contributed by atoms with E-state index >= 15 is 0 Å². The van der Waals surface area contributed by atoms with Gasteiger partial charge in [-0.05, 0) is 42.0 Å². The number of hydrogen-bond donors (Lipinski definition) is 0. The highest BCUT2D eigenvalue weighted by Crippen LogP contribution is 2.34. The second kappa shape index (κ2) is 5.30. The van der Waals surface area contributed by atoms with E-state index in [9.17, 15) is 4.39 Å². The summed E-state index contributed by atoms with van der Waals surface area (Å²) in [4.78, 5) is 2.39. The Kier molecular flexibility index (Phi) is 3.91. The van der Waals surface area contributed by atoms with Crippen LogP contribution in [0.25, 0.3) is 0 Å². The molecule has 1 aromatic carbocycles. The van der Waals surface area contributed by atoms with Gasteiger partial charge in [0.15, 0.2) is 0 Å². The van der Waals surface area contributed by atoms with E-state index in [0.717, 1.165) is 25.2 Å². The van der Waals surface area contributed by atoms with Crippen LogP contribution in [0.15, 0.2) is 18.2 Å². The maximum Gasteiger partial charge on any atom is 0.140 e. The normalized spacial score (nSPS) is 20.5. The van der Waals surface area contributed by atoms with Gasteiger partial charge in [0.25, 0.3) is 0 Å². The molecule has 3 heteroatoms. The summed E-state index contributed by atoms with van der Waals surface area (Å²) < 4.78 is 13.3. The maximum absolute atomic E-state index is 13.3. The molecular weight excluding hydrogens is 239 g/mol. The molecule has 1 aromatic rings. The monoisotopic (exact) mass is 260 g/mol. The van der Waals surface area contributed by atoms with Crippen LogP contribution in [0.3, 0.4) is 0 Å². The third-order valence-corrected chi connectivity index (χ3v) is 4.05. The summed E-state index contributed by atoms with van der Waals surface area (Å²) in [6.45, 7) is 9.83.